The number of esters is 1. The van der Waals surface area contributed by atoms with Gasteiger partial charge in [0.25, 0.3) is 0 Å². The third-order valence-corrected chi connectivity index (χ3v) is 6.26. The van der Waals surface area contributed by atoms with Gasteiger partial charge >= 0.3 is 18.3 Å². The number of ether oxygens (including phenoxy) is 1. The van der Waals surface area contributed by atoms with Crippen molar-refractivity contribution in [2.24, 2.45) is 5.73 Å². The van der Waals surface area contributed by atoms with E-state index < -0.39 is 59.4 Å². The normalized spacial score (nSPS) is 14.5. The van der Waals surface area contributed by atoms with Gasteiger partial charge in [-0.2, -0.15) is 26.3 Å². The fourth-order valence-corrected chi connectivity index (χ4v) is 4.58. The lowest BCUT2D eigenvalue weighted by Gasteiger charge is -2.37. The highest BCUT2D eigenvalue weighted by Crippen LogP contribution is 2.39. The first-order valence-electron chi connectivity index (χ1n) is 11.6. The molecule has 1 aliphatic heterocycles. The maximum absolute atomic E-state index is 13.5. The lowest BCUT2D eigenvalue weighted by atomic mass is 9.93. The van der Waals surface area contributed by atoms with Crippen LogP contribution in [0.15, 0.2) is 60.7 Å². The number of anilines is 1. The van der Waals surface area contributed by atoms with Crippen molar-refractivity contribution in [2.75, 3.05) is 11.4 Å². The predicted molar refractivity (Wildman–Crippen MR) is 126 cm³/mol. The number of para-hydroxylation sites is 1. The van der Waals surface area contributed by atoms with E-state index in [0.29, 0.717) is 41.8 Å². The minimum absolute atomic E-state index is 0.0177. The molecule has 0 spiro atoms. The topological polar surface area (TPSA) is 72.6 Å². The molecule has 1 amide bonds. The molecule has 1 atom stereocenters. The Labute approximate surface area is 218 Å². The largest absolute Gasteiger partial charge is 0.457 e. The molecule has 0 aliphatic carbocycles. The number of hydrogen-bond donors (Lipinski definition) is 1. The van der Waals surface area contributed by atoms with E-state index in [0.717, 1.165) is 12.1 Å². The van der Waals surface area contributed by atoms with Crippen LogP contribution in [0, 0.1) is 5.82 Å². The summed E-state index contributed by atoms with van der Waals surface area (Å²) < 4.78 is 97.8. The number of nitrogens with two attached hydrogens (primary N) is 1. The summed E-state index contributed by atoms with van der Waals surface area (Å²) >= 11 is 0. The summed E-state index contributed by atoms with van der Waals surface area (Å²) in [5.74, 6) is -2.33. The average molecular weight is 554 g/mol. The van der Waals surface area contributed by atoms with Crippen LogP contribution in [-0.2, 0) is 34.9 Å². The number of benzene rings is 3. The number of carbonyl (C=O) groups is 2. The zero-order chi connectivity index (χ0) is 28.5. The number of nitrogens with zero attached hydrogens (tertiary/aromatic N) is 1. The van der Waals surface area contributed by atoms with Crippen molar-refractivity contribution in [3.63, 3.8) is 0 Å². The van der Waals surface area contributed by atoms with E-state index in [2.05, 4.69) is 0 Å². The number of hydrogen-bond acceptors (Lipinski definition) is 4. The number of carbonyl (C=O) groups excluding carboxylic acids is 2. The molecule has 12 heteroatoms. The van der Waals surface area contributed by atoms with Crippen LogP contribution >= 0.6 is 0 Å². The summed E-state index contributed by atoms with van der Waals surface area (Å²) in [5, 5.41) is 0. The van der Waals surface area contributed by atoms with Crippen molar-refractivity contribution in [1.29, 1.82) is 0 Å². The van der Waals surface area contributed by atoms with E-state index in [9.17, 15) is 40.3 Å². The van der Waals surface area contributed by atoms with E-state index in [4.69, 9.17) is 10.5 Å². The monoisotopic (exact) mass is 554 g/mol. The highest BCUT2D eigenvalue weighted by atomic mass is 19.4. The minimum Gasteiger partial charge on any atom is -0.457 e. The Morgan fingerprint density at radius 2 is 1.54 bits per heavy atom. The van der Waals surface area contributed by atoms with Gasteiger partial charge in [0.1, 0.15) is 18.5 Å². The Kier molecular flexibility index (Phi) is 7.58. The molecule has 0 radical (unpaired) electrons. The molecule has 1 unspecified atom stereocenters. The molecular formula is C27H21F7N2O3. The van der Waals surface area contributed by atoms with Crippen molar-refractivity contribution >= 4 is 17.6 Å². The molecule has 2 N–H and O–H groups in total. The van der Waals surface area contributed by atoms with Gasteiger partial charge in [-0.15, -0.1) is 0 Å². The van der Waals surface area contributed by atoms with E-state index in [1.165, 1.54) is 18.2 Å². The van der Waals surface area contributed by atoms with Gasteiger partial charge in [0.05, 0.1) is 22.4 Å². The van der Waals surface area contributed by atoms with E-state index in [-0.39, 0.29) is 18.2 Å². The summed E-state index contributed by atoms with van der Waals surface area (Å²) in [6, 6.07) is 9.55. The first-order valence-corrected chi connectivity index (χ1v) is 11.6. The fraction of sp³-hybridized carbons (Fsp3) is 0.259. The molecule has 5 nitrogen and oxygen atoms in total. The van der Waals surface area contributed by atoms with Gasteiger partial charge in [0, 0.05) is 6.54 Å². The molecule has 206 valence electrons. The molecule has 0 aromatic heterocycles. The molecule has 0 saturated heterocycles. The van der Waals surface area contributed by atoms with Gasteiger partial charge in [0.15, 0.2) is 0 Å². The molecule has 3 aromatic carbocycles. The minimum atomic E-state index is -5.05. The summed E-state index contributed by atoms with van der Waals surface area (Å²) in [6.07, 6.45) is -9.00. The average Bonchev–Trinajstić information content (AvgIpc) is 2.87. The maximum Gasteiger partial charge on any atom is 0.416 e. The molecule has 0 saturated carbocycles. The second-order valence-corrected chi connectivity index (χ2v) is 8.96. The van der Waals surface area contributed by atoms with E-state index in [1.54, 1.807) is 17.0 Å². The summed E-state index contributed by atoms with van der Waals surface area (Å²) in [6.45, 7) is -0.586. The zero-order valence-corrected chi connectivity index (χ0v) is 20.1. The van der Waals surface area contributed by atoms with Crippen LogP contribution in [0.4, 0.5) is 36.4 Å². The standard InChI is InChI=1S/C27H21F7N2O3/c28-20-8-6-17(7-9-20)23(24(35)37)36-10-2-4-16-3-1-5-21(22(16)36)25(38)39-14-15-11-18(26(29,30)31)13-19(12-15)27(32,33)34/h1,3,5-9,11-13,23H,2,4,10,14H2,(H2,35,37). The Hall–Kier alpha value is -4.09. The number of fused-ring (bicyclic) bond motifs is 1. The Bertz CT molecular complexity index is 1350. The number of halogens is 7. The summed E-state index contributed by atoms with van der Waals surface area (Å²) in [4.78, 5) is 27.2. The van der Waals surface area contributed by atoms with Crippen LogP contribution in [0.3, 0.4) is 0 Å². The zero-order valence-electron chi connectivity index (χ0n) is 20.1. The fourth-order valence-electron chi connectivity index (χ4n) is 4.58. The van der Waals surface area contributed by atoms with Crippen LogP contribution in [0.2, 0.25) is 0 Å². The predicted octanol–water partition coefficient (Wildman–Crippen LogP) is 6.20. The number of primary amides is 1. The Morgan fingerprint density at radius 3 is 2.10 bits per heavy atom. The van der Waals surface area contributed by atoms with E-state index >= 15 is 0 Å². The summed E-state index contributed by atoms with van der Waals surface area (Å²) in [5.41, 5.74) is 3.37. The summed E-state index contributed by atoms with van der Waals surface area (Å²) in [7, 11) is 0. The third kappa shape index (κ3) is 6.15. The first kappa shape index (κ1) is 27.9. The van der Waals surface area contributed by atoms with Gasteiger partial charge < -0.3 is 15.4 Å². The second kappa shape index (κ2) is 10.6. The quantitative estimate of drug-likeness (QED) is 0.291. The SMILES string of the molecule is NC(=O)C(c1ccc(F)cc1)N1CCCc2cccc(C(=O)OCc3cc(C(F)(F)F)cc(C(F)(F)F)c3)c21. The molecule has 3 aromatic rings. The van der Waals surface area contributed by atoms with Crippen LogP contribution < -0.4 is 10.6 Å². The van der Waals surface area contributed by atoms with Gasteiger partial charge in [-0.25, -0.2) is 9.18 Å². The smallest absolute Gasteiger partial charge is 0.416 e. The lowest BCUT2D eigenvalue weighted by Crippen LogP contribution is -2.41. The number of aryl methyl sites for hydroxylation is 1. The van der Waals surface area contributed by atoms with E-state index in [1.807, 2.05) is 0 Å². The van der Waals surface area contributed by atoms with Gasteiger partial charge in [-0.3, -0.25) is 4.79 Å². The number of amides is 1. The van der Waals surface area contributed by atoms with Gasteiger partial charge in [-0.05, 0) is 65.9 Å². The molecule has 39 heavy (non-hydrogen) atoms. The van der Waals surface area contributed by atoms with Crippen LogP contribution in [-0.4, -0.2) is 18.4 Å². The van der Waals surface area contributed by atoms with Crippen LogP contribution in [0.5, 0.6) is 0 Å². The highest BCUT2D eigenvalue weighted by molar-refractivity contribution is 5.98. The first-order chi connectivity index (χ1) is 18.3. The Morgan fingerprint density at radius 1 is 0.923 bits per heavy atom. The van der Waals surface area contributed by atoms with Crippen molar-refractivity contribution < 1.29 is 45.1 Å². The lowest BCUT2D eigenvalue weighted by molar-refractivity contribution is -0.143. The number of alkyl halides is 6. The van der Waals surface area contributed by atoms with Crippen LogP contribution in [0.1, 0.15) is 50.6 Å². The van der Waals surface area contributed by atoms with Gasteiger partial charge in [0.2, 0.25) is 5.91 Å². The third-order valence-electron chi connectivity index (χ3n) is 6.26. The molecule has 1 heterocycles. The van der Waals surface area contributed by atoms with Crippen molar-refractivity contribution in [1.82, 2.24) is 0 Å². The van der Waals surface area contributed by atoms with Crippen molar-refractivity contribution in [3.05, 3.63) is 99.9 Å². The molecule has 0 bridgehead atoms. The number of rotatable bonds is 6. The van der Waals surface area contributed by atoms with Gasteiger partial charge in [-0.1, -0.05) is 24.3 Å². The molecule has 4 rings (SSSR count). The van der Waals surface area contributed by atoms with Crippen LogP contribution in [0.25, 0.3) is 0 Å². The molecule has 1 aliphatic rings. The maximum atomic E-state index is 13.5. The highest BCUT2D eigenvalue weighted by Gasteiger charge is 2.37. The Balaban J connectivity index is 1.67. The molecular weight excluding hydrogens is 533 g/mol. The second-order valence-electron chi connectivity index (χ2n) is 8.96. The van der Waals surface area contributed by atoms with Crippen molar-refractivity contribution in [2.45, 2.75) is 37.8 Å². The van der Waals surface area contributed by atoms with Crippen molar-refractivity contribution in [3.8, 4) is 0 Å². The molecule has 0 fully saturated rings.